The van der Waals surface area contributed by atoms with Crippen LogP contribution < -0.4 is 9.80 Å². The van der Waals surface area contributed by atoms with E-state index in [0.29, 0.717) is 0 Å². The smallest absolute Gasteiger partial charge is 0.0454 e. The van der Waals surface area contributed by atoms with Crippen LogP contribution >= 0.6 is 0 Å². The van der Waals surface area contributed by atoms with Gasteiger partial charge < -0.3 is 9.80 Å². The number of fused-ring (bicyclic) bond motifs is 7. The van der Waals surface area contributed by atoms with Crippen LogP contribution in [0.5, 0.6) is 0 Å². The molecule has 0 radical (unpaired) electrons. The van der Waals surface area contributed by atoms with E-state index in [1.54, 1.807) is 0 Å². The quantitative estimate of drug-likeness (QED) is 0.113. The summed E-state index contributed by atoms with van der Waals surface area (Å²) >= 11 is 0. The Morgan fingerprint density at radius 3 is 1.22 bits per heavy atom. The second-order valence-corrected chi connectivity index (χ2v) is 22.2. The number of allylic oxidation sites excluding steroid dienone is 10. The molecule has 0 amide bonds. The minimum absolute atomic E-state index is 0.168. The van der Waals surface area contributed by atoms with E-state index in [1.165, 1.54) is 99.6 Å². The van der Waals surface area contributed by atoms with Crippen molar-refractivity contribution in [3.63, 3.8) is 0 Å². The zero-order chi connectivity index (χ0) is 50.7. The molecule has 0 saturated carbocycles. The average Bonchev–Trinajstić information content (AvgIpc) is 3.70. The van der Waals surface area contributed by atoms with Gasteiger partial charge in [-0.1, -0.05) is 225 Å². The molecule has 2 unspecified atom stereocenters. The molecule has 2 atom stereocenters. The Balaban J connectivity index is 0.978. The van der Waals surface area contributed by atoms with Crippen molar-refractivity contribution in [2.45, 2.75) is 89.9 Å². The normalized spacial score (nSPS) is 17.9. The summed E-state index contributed by atoms with van der Waals surface area (Å²) in [6.07, 6.45) is 15.2. The largest absolute Gasteiger partial charge is 0.347 e. The van der Waals surface area contributed by atoms with Crippen LogP contribution in [0.25, 0.3) is 32.3 Å². The molecule has 0 aliphatic carbocycles. The van der Waals surface area contributed by atoms with Gasteiger partial charge in [-0.15, -0.1) is 0 Å². The molecule has 0 aromatic heterocycles. The maximum absolute atomic E-state index is 4.88. The highest BCUT2D eigenvalue weighted by atomic mass is 15.2. The van der Waals surface area contributed by atoms with Gasteiger partial charge in [0.25, 0.3) is 0 Å². The Bertz CT molecular complexity index is 3370. The van der Waals surface area contributed by atoms with Crippen LogP contribution in [0.1, 0.15) is 86.1 Å². The molecule has 2 heteroatoms. The van der Waals surface area contributed by atoms with Crippen molar-refractivity contribution >= 4 is 43.7 Å². The molecule has 0 N–H and O–H groups in total. The first-order chi connectivity index (χ1) is 34.5. The summed E-state index contributed by atoms with van der Waals surface area (Å²) in [5.41, 5.74) is 16.7. The Labute approximate surface area is 429 Å². The summed E-state index contributed by atoms with van der Waals surface area (Å²) in [5.74, 6) is 0. The van der Waals surface area contributed by atoms with Gasteiger partial charge in [-0.3, -0.25) is 0 Å². The highest BCUT2D eigenvalue weighted by Crippen LogP contribution is 2.52. The van der Waals surface area contributed by atoms with E-state index in [-0.39, 0.29) is 21.7 Å². The van der Waals surface area contributed by atoms with Gasteiger partial charge in [-0.2, -0.15) is 0 Å². The van der Waals surface area contributed by atoms with Crippen LogP contribution in [0.2, 0.25) is 0 Å². The van der Waals surface area contributed by atoms with Crippen LogP contribution in [0.15, 0.2) is 230 Å². The van der Waals surface area contributed by atoms with E-state index >= 15 is 0 Å². The molecule has 72 heavy (non-hydrogen) atoms. The second kappa shape index (κ2) is 18.3. The van der Waals surface area contributed by atoms with Crippen molar-refractivity contribution < 1.29 is 0 Å². The molecule has 8 aromatic rings. The Kier molecular flexibility index (Phi) is 12.3. The SMILES string of the molecule is C=C(/C=C/C=C1/N(C)c2ccc3ccccc3c2C1(C)C)C(C)(Cc1cccc2c(CC(C)(C(=C)/C=C/C=C3/N(C)c4ccc5ccccc5c4C3(C)C)c3ccccc3C)cccc12)c1ccccc1C. The van der Waals surface area contributed by atoms with Gasteiger partial charge in [0.15, 0.2) is 0 Å². The number of anilines is 2. The standard InChI is InChI=1S/C70H70N2/c1-47-25-13-19-37-59(47)69(9,49(3)27-21-39-63-67(5,6)65-57-33-17-15-29-51(57)41-43-61(65)71(63)11)45-53-31-23-36-56-54(32-24-35-55(53)56)46-70(10,60-38-20-14-26-48(60)2)50(4)28-22-40-64-68(7,8)66-58-34-18-16-30-52(58)42-44-62(66)72(64)12/h13-44H,3-4,45-46H2,1-2,5-12H3/b27-21+,28-22+,63-39+,64-40+. The molecule has 0 spiro atoms. The number of hydrogen-bond donors (Lipinski definition) is 0. The topological polar surface area (TPSA) is 6.48 Å². The fraction of sp³-hybridized carbons (Fsp3) is 0.229. The van der Waals surface area contributed by atoms with Crippen molar-refractivity contribution in [3.05, 3.63) is 274 Å². The van der Waals surface area contributed by atoms with Gasteiger partial charge in [-0.05, 0) is 139 Å². The van der Waals surface area contributed by atoms with Crippen LogP contribution in [0.3, 0.4) is 0 Å². The molecule has 360 valence electrons. The highest BCUT2D eigenvalue weighted by Gasteiger charge is 2.41. The third kappa shape index (κ3) is 7.97. The first kappa shape index (κ1) is 48.2. The van der Waals surface area contributed by atoms with Crippen molar-refractivity contribution in [2.75, 3.05) is 23.9 Å². The number of nitrogens with zero attached hydrogens (tertiary/aromatic N) is 2. The van der Waals surface area contributed by atoms with Crippen molar-refractivity contribution in [1.82, 2.24) is 0 Å². The van der Waals surface area contributed by atoms with Gasteiger partial charge in [-0.25, -0.2) is 0 Å². The molecule has 0 saturated heterocycles. The predicted molar refractivity (Wildman–Crippen MR) is 312 cm³/mol. The lowest BCUT2D eigenvalue weighted by atomic mass is 9.69. The lowest BCUT2D eigenvalue weighted by Crippen LogP contribution is -2.28. The van der Waals surface area contributed by atoms with Crippen molar-refractivity contribution in [1.29, 1.82) is 0 Å². The Morgan fingerprint density at radius 1 is 0.458 bits per heavy atom. The lowest BCUT2D eigenvalue weighted by molar-refractivity contribution is 0.564. The number of aryl methyl sites for hydroxylation is 2. The van der Waals surface area contributed by atoms with E-state index in [2.05, 4.69) is 273 Å². The third-order valence-electron chi connectivity index (χ3n) is 17.0. The Morgan fingerprint density at radius 2 is 0.819 bits per heavy atom. The monoisotopic (exact) mass is 939 g/mol. The average molecular weight is 939 g/mol. The summed E-state index contributed by atoms with van der Waals surface area (Å²) in [6.45, 7) is 28.4. The molecule has 10 rings (SSSR count). The van der Waals surface area contributed by atoms with Gasteiger partial charge >= 0.3 is 0 Å². The van der Waals surface area contributed by atoms with Gasteiger partial charge in [0.05, 0.1) is 0 Å². The number of likely N-dealkylation sites (N-methyl/N-ethyl adjacent to an activating group) is 2. The number of hydrogen-bond acceptors (Lipinski definition) is 2. The summed E-state index contributed by atoms with van der Waals surface area (Å²) in [7, 11) is 4.41. The fourth-order valence-electron chi connectivity index (χ4n) is 12.9. The molecule has 0 bridgehead atoms. The summed E-state index contributed by atoms with van der Waals surface area (Å²) in [5, 5.41) is 7.76. The van der Waals surface area contributed by atoms with Gasteiger partial charge in [0, 0.05) is 58.5 Å². The summed E-state index contributed by atoms with van der Waals surface area (Å²) < 4.78 is 0. The lowest BCUT2D eigenvalue weighted by Gasteiger charge is -2.34. The molecular formula is C70H70N2. The first-order valence-corrected chi connectivity index (χ1v) is 25.8. The van der Waals surface area contributed by atoms with Crippen molar-refractivity contribution in [3.8, 4) is 0 Å². The fourth-order valence-corrected chi connectivity index (χ4v) is 12.9. The van der Waals surface area contributed by atoms with Crippen LogP contribution in [0.4, 0.5) is 11.4 Å². The van der Waals surface area contributed by atoms with Crippen LogP contribution in [-0.4, -0.2) is 14.1 Å². The molecule has 2 aliphatic rings. The van der Waals surface area contributed by atoms with E-state index < -0.39 is 0 Å². The van der Waals surface area contributed by atoms with Gasteiger partial charge in [0.1, 0.15) is 0 Å². The minimum Gasteiger partial charge on any atom is -0.347 e. The Hall–Kier alpha value is -7.42. The molecule has 8 aromatic carbocycles. The number of rotatable bonds is 12. The van der Waals surface area contributed by atoms with E-state index in [9.17, 15) is 0 Å². The summed E-state index contributed by atoms with van der Waals surface area (Å²) in [6, 6.07) is 58.1. The van der Waals surface area contributed by atoms with Crippen LogP contribution in [-0.2, 0) is 34.5 Å². The minimum atomic E-state index is -0.388. The van der Waals surface area contributed by atoms with E-state index in [0.717, 1.165) is 24.0 Å². The highest BCUT2D eigenvalue weighted by molar-refractivity contribution is 5.96. The predicted octanol–water partition coefficient (Wildman–Crippen LogP) is 17.6. The summed E-state index contributed by atoms with van der Waals surface area (Å²) in [4.78, 5) is 4.74. The zero-order valence-corrected chi connectivity index (χ0v) is 44.2. The maximum atomic E-state index is 4.88. The third-order valence-corrected chi connectivity index (χ3v) is 17.0. The molecular weight excluding hydrogens is 869 g/mol. The van der Waals surface area contributed by atoms with Crippen LogP contribution in [0, 0.1) is 13.8 Å². The van der Waals surface area contributed by atoms with E-state index in [4.69, 9.17) is 13.2 Å². The maximum Gasteiger partial charge on any atom is 0.0454 e. The van der Waals surface area contributed by atoms with Crippen molar-refractivity contribution in [2.24, 2.45) is 0 Å². The molecule has 2 nitrogen and oxygen atoms in total. The second-order valence-electron chi connectivity index (χ2n) is 22.2. The number of benzene rings is 8. The molecule has 0 fully saturated rings. The molecule has 2 aliphatic heterocycles. The van der Waals surface area contributed by atoms with Gasteiger partial charge in [0.2, 0.25) is 0 Å². The first-order valence-electron chi connectivity index (χ1n) is 25.8. The molecule has 2 heterocycles. The zero-order valence-electron chi connectivity index (χ0n) is 44.2. The van der Waals surface area contributed by atoms with E-state index in [1.807, 2.05) is 0 Å².